The lowest BCUT2D eigenvalue weighted by Gasteiger charge is -2.27. The highest BCUT2D eigenvalue weighted by Gasteiger charge is 2.27. The summed E-state index contributed by atoms with van der Waals surface area (Å²) in [5, 5.41) is 2.23. The minimum Gasteiger partial charge on any atom is -0.455 e. The van der Waals surface area contributed by atoms with Gasteiger partial charge in [-0.05, 0) is 43.7 Å². The van der Waals surface area contributed by atoms with Gasteiger partial charge in [0, 0.05) is 5.56 Å². The fourth-order valence-electron chi connectivity index (χ4n) is 3.26. The molecule has 1 aromatic carbocycles. The van der Waals surface area contributed by atoms with Crippen LogP contribution in [0.4, 0.5) is 0 Å². The smallest absolute Gasteiger partial charge is 0.309 e. The first-order valence-electron chi connectivity index (χ1n) is 9.16. The molecule has 5 nitrogen and oxygen atoms in total. The minimum absolute atomic E-state index is 0.115. The molecule has 0 atom stereocenters. The molecule has 0 spiro atoms. The molecule has 1 fully saturated rings. The van der Waals surface area contributed by atoms with Crippen molar-refractivity contribution in [1.82, 2.24) is 5.32 Å². The second-order valence-corrected chi connectivity index (χ2v) is 6.71. The van der Waals surface area contributed by atoms with Gasteiger partial charge >= 0.3 is 5.97 Å². The fraction of sp³-hybridized carbons (Fsp3) is 0.550. The molecule has 136 valence electrons. The lowest BCUT2D eigenvalue weighted by molar-refractivity contribution is -0.153. The molecule has 0 saturated heterocycles. The minimum atomic E-state index is -0.598. The van der Waals surface area contributed by atoms with Gasteiger partial charge in [-0.25, -0.2) is 0 Å². The number of unbranched alkanes of at least 4 members (excludes halogenated alkanes) is 1. The Morgan fingerprint density at radius 1 is 1.08 bits per heavy atom. The number of rotatable bonds is 7. The lowest BCUT2D eigenvalue weighted by atomic mass is 9.80. The third-order valence-corrected chi connectivity index (χ3v) is 4.78. The maximum absolute atomic E-state index is 12.1. The number of imide groups is 1. The highest BCUT2D eigenvalue weighted by molar-refractivity contribution is 6.05. The van der Waals surface area contributed by atoms with E-state index < -0.39 is 18.4 Å². The summed E-state index contributed by atoms with van der Waals surface area (Å²) < 4.78 is 5.09. The van der Waals surface area contributed by atoms with Crippen LogP contribution in [0.2, 0.25) is 0 Å². The van der Waals surface area contributed by atoms with Crippen LogP contribution < -0.4 is 5.32 Å². The number of hydrogen-bond donors (Lipinski definition) is 1. The molecule has 1 aliphatic rings. The molecule has 0 heterocycles. The Hall–Kier alpha value is -2.17. The zero-order chi connectivity index (χ0) is 18.1. The van der Waals surface area contributed by atoms with Crippen molar-refractivity contribution >= 4 is 17.8 Å². The fourth-order valence-corrected chi connectivity index (χ4v) is 3.26. The molecule has 0 aromatic heterocycles. The first-order chi connectivity index (χ1) is 12.1. The molecule has 0 aliphatic heterocycles. The highest BCUT2D eigenvalue weighted by Crippen LogP contribution is 2.32. The van der Waals surface area contributed by atoms with E-state index in [0.717, 1.165) is 31.6 Å². The third-order valence-electron chi connectivity index (χ3n) is 4.78. The zero-order valence-corrected chi connectivity index (χ0v) is 14.8. The summed E-state index contributed by atoms with van der Waals surface area (Å²) in [6.07, 6.45) is 7.46. The summed E-state index contributed by atoms with van der Waals surface area (Å²) in [6, 6.07) is 8.46. The molecular weight excluding hydrogens is 318 g/mol. The van der Waals surface area contributed by atoms with Crippen molar-refractivity contribution in [2.24, 2.45) is 11.8 Å². The third kappa shape index (κ3) is 6.33. The van der Waals surface area contributed by atoms with E-state index in [0.29, 0.717) is 5.56 Å². The van der Waals surface area contributed by atoms with Gasteiger partial charge in [0.1, 0.15) is 0 Å². The van der Waals surface area contributed by atoms with Crippen LogP contribution in [-0.2, 0) is 14.3 Å². The van der Waals surface area contributed by atoms with Crippen LogP contribution in [0.3, 0.4) is 0 Å². The van der Waals surface area contributed by atoms with E-state index in [4.69, 9.17) is 4.74 Å². The largest absolute Gasteiger partial charge is 0.455 e. The number of benzene rings is 1. The second-order valence-electron chi connectivity index (χ2n) is 6.71. The summed E-state index contributed by atoms with van der Waals surface area (Å²) >= 11 is 0. The summed E-state index contributed by atoms with van der Waals surface area (Å²) in [5.74, 6) is -0.806. The SMILES string of the molecule is CCCCC1CCC(C(=O)OCC(=O)NC(=O)c2ccccc2)CC1. The Kier molecular flexibility index (Phi) is 7.64. The van der Waals surface area contributed by atoms with Gasteiger partial charge in [-0.1, -0.05) is 44.4 Å². The van der Waals surface area contributed by atoms with Gasteiger partial charge in [0.15, 0.2) is 6.61 Å². The van der Waals surface area contributed by atoms with Gasteiger partial charge in [0.25, 0.3) is 11.8 Å². The molecule has 25 heavy (non-hydrogen) atoms. The zero-order valence-electron chi connectivity index (χ0n) is 14.8. The molecule has 1 N–H and O–H groups in total. The number of nitrogens with one attached hydrogen (secondary N) is 1. The van der Waals surface area contributed by atoms with Crippen molar-refractivity contribution in [3.05, 3.63) is 35.9 Å². The molecule has 1 aliphatic carbocycles. The lowest BCUT2D eigenvalue weighted by Crippen LogP contribution is -2.35. The maximum Gasteiger partial charge on any atom is 0.309 e. The van der Waals surface area contributed by atoms with Crippen molar-refractivity contribution in [1.29, 1.82) is 0 Å². The quantitative estimate of drug-likeness (QED) is 0.768. The van der Waals surface area contributed by atoms with Gasteiger partial charge in [0.2, 0.25) is 0 Å². The average molecular weight is 345 g/mol. The number of esters is 1. The highest BCUT2D eigenvalue weighted by atomic mass is 16.5. The van der Waals surface area contributed by atoms with Gasteiger partial charge < -0.3 is 4.74 Å². The summed E-state index contributed by atoms with van der Waals surface area (Å²) in [4.78, 5) is 35.7. The molecule has 0 bridgehead atoms. The first kappa shape index (κ1) is 19.2. The van der Waals surface area contributed by atoms with E-state index in [1.807, 2.05) is 0 Å². The van der Waals surface area contributed by atoms with E-state index in [-0.39, 0.29) is 11.9 Å². The average Bonchev–Trinajstić information content (AvgIpc) is 2.65. The molecule has 1 aromatic rings. The van der Waals surface area contributed by atoms with E-state index in [1.165, 1.54) is 19.3 Å². The van der Waals surface area contributed by atoms with E-state index in [2.05, 4.69) is 12.2 Å². The summed E-state index contributed by atoms with van der Waals surface area (Å²) in [5.41, 5.74) is 0.396. The maximum atomic E-state index is 12.1. The van der Waals surface area contributed by atoms with Crippen LogP contribution in [0.5, 0.6) is 0 Å². The molecule has 0 radical (unpaired) electrons. The Bertz CT molecular complexity index is 577. The Balaban J connectivity index is 1.68. The molecule has 2 rings (SSSR count). The number of ether oxygens (including phenoxy) is 1. The van der Waals surface area contributed by atoms with Crippen LogP contribution in [0, 0.1) is 11.8 Å². The van der Waals surface area contributed by atoms with E-state index in [9.17, 15) is 14.4 Å². The number of carbonyl (C=O) groups excluding carboxylic acids is 3. The van der Waals surface area contributed by atoms with Crippen molar-refractivity contribution < 1.29 is 19.1 Å². The van der Waals surface area contributed by atoms with Crippen LogP contribution in [0.1, 0.15) is 62.2 Å². The number of amides is 2. The molecule has 5 heteroatoms. The monoisotopic (exact) mass is 345 g/mol. The standard InChI is InChI=1S/C20H27NO4/c1-2-3-7-15-10-12-17(13-11-15)20(24)25-14-18(22)21-19(23)16-8-5-4-6-9-16/h4-6,8-9,15,17H,2-3,7,10-14H2,1H3,(H,21,22,23). The van der Waals surface area contributed by atoms with Gasteiger partial charge in [-0.15, -0.1) is 0 Å². The van der Waals surface area contributed by atoms with Crippen molar-refractivity contribution in [3.8, 4) is 0 Å². The van der Waals surface area contributed by atoms with Crippen LogP contribution >= 0.6 is 0 Å². The van der Waals surface area contributed by atoms with Crippen molar-refractivity contribution in [2.75, 3.05) is 6.61 Å². The number of hydrogen-bond acceptors (Lipinski definition) is 4. The number of carbonyl (C=O) groups is 3. The molecule has 1 saturated carbocycles. The Morgan fingerprint density at radius 3 is 2.40 bits per heavy atom. The van der Waals surface area contributed by atoms with Gasteiger partial charge in [-0.2, -0.15) is 0 Å². The Labute approximate surface area is 149 Å². The van der Waals surface area contributed by atoms with Crippen molar-refractivity contribution in [3.63, 3.8) is 0 Å². The van der Waals surface area contributed by atoms with Gasteiger partial charge in [-0.3, -0.25) is 19.7 Å². The molecular formula is C20H27NO4. The molecule has 2 amide bonds. The van der Waals surface area contributed by atoms with Crippen LogP contribution in [0.15, 0.2) is 30.3 Å². The van der Waals surface area contributed by atoms with Crippen molar-refractivity contribution in [2.45, 2.75) is 51.9 Å². The predicted molar refractivity (Wildman–Crippen MR) is 94.8 cm³/mol. The summed E-state index contributed by atoms with van der Waals surface area (Å²) in [6.45, 7) is 1.78. The van der Waals surface area contributed by atoms with E-state index in [1.54, 1.807) is 30.3 Å². The van der Waals surface area contributed by atoms with Crippen LogP contribution in [-0.4, -0.2) is 24.4 Å². The Morgan fingerprint density at radius 2 is 1.76 bits per heavy atom. The topological polar surface area (TPSA) is 72.5 Å². The van der Waals surface area contributed by atoms with E-state index >= 15 is 0 Å². The van der Waals surface area contributed by atoms with Crippen LogP contribution in [0.25, 0.3) is 0 Å². The first-order valence-corrected chi connectivity index (χ1v) is 9.16. The molecule has 0 unspecified atom stereocenters. The summed E-state index contributed by atoms with van der Waals surface area (Å²) in [7, 11) is 0. The normalized spacial score (nSPS) is 19.9. The van der Waals surface area contributed by atoms with Gasteiger partial charge in [0.05, 0.1) is 5.92 Å². The second kappa shape index (κ2) is 9.97. The predicted octanol–water partition coefficient (Wildman–Crippen LogP) is 3.48.